The summed E-state index contributed by atoms with van der Waals surface area (Å²) < 4.78 is 40.6. The number of rotatable bonds is 2. The summed E-state index contributed by atoms with van der Waals surface area (Å²) in [5.74, 6) is 0.837. The van der Waals surface area contributed by atoms with Gasteiger partial charge in [0.25, 0.3) is 10.1 Å². The standard InChI is InChI=1S/C9H10O6S/c10-9(16(11,12)13)6-1-2-7-8(5-6)15-4-3-14-7/h1-2,5,9-10H,3-4H2,(H,11,12,13). The number of benzene rings is 1. The van der Waals surface area contributed by atoms with Crippen molar-refractivity contribution in [1.82, 2.24) is 0 Å². The summed E-state index contributed by atoms with van der Waals surface area (Å²) >= 11 is 0. The molecule has 0 spiro atoms. The fourth-order valence-electron chi connectivity index (χ4n) is 1.39. The van der Waals surface area contributed by atoms with E-state index in [1.807, 2.05) is 0 Å². The summed E-state index contributed by atoms with van der Waals surface area (Å²) in [4.78, 5) is 0. The number of fused-ring (bicyclic) bond motifs is 1. The van der Waals surface area contributed by atoms with Crippen molar-refractivity contribution in [2.45, 2.75) is 5.44 Å². The van der Waals surface area contributed by atoms with Gasteiger partial charge in [-0.3, -0.25) is 4.55 Å². The Labute approximate surface area is 92.2 Å². The maximum Gasteiger partial charge on any atom is 0.296 e. The molecule has 1 aromatic rings. The normalized spacial score (nSPS) is 16.9. The Hall–Kier alpha value is -1.31. The summed E-state index contributed by atoms with van der Waals surface area (Å²) in [6.45, 7) is 0.783. The van der Waals surface area contributed by atoms with Crippen LogP contribution in [0.5, 0.6) is 11.5 Å². The van der Waals surface area contributed by atoms with Gasteiger partial charge in [-0.05, 0) is 12.1 Å². The molecule has 16 heavy (non-hydrogen) atoms. The van der Waals surface area contributed by atoms with Crippen molar-refractivity contribution in [1.29, 1.82) is 0 Å². The number of aliphatic hydroxyl groups is 1. The number of aliphatic hydroxyl groups excluding tert-OH is 1. The smallest absolute Gasteiger partial charge is 0.296 e. The van der Waals surface area contributed by atoms with Crippen LogP contribution >= 0.6 is 0 Å². The first-order chi connectivity index (χ1) is 7.48. The van der Waals surface area contributed by atoms with Gasteiger partial charge in [0, 0.05) is 5.56 Å². The van der Waals surface area contributed by atoms with Crippen molar-refractivity contribution in [3.05, 3.63) is 23.8 Å². The van der Waals surface area contributed by atoms with Crippen LogP contribution in [0, 0.1) is 0 Å². The van der Waals surface area contributed by atoms with Crippen LogP contribution in [0.2, 0.25) is 0 Å². The molecule has 7 heteroatoms. The van der Waals surface area contributed by atoms with E-state index in [1.54, 1.807) is 0 Å². The Kier molecular flexibility index (Phi) is 2.75. The molecule has 1 aliphatic heterocycles. The van der Waals surface area contributed by atoms with Gasteiger partial charge in [0.2, 0.25) is 5.44 Å². The molecule has 0 amide bonds. The second-order valence-electron chi connectivity index (χ2n) is 3.27. The minimum Gasteiger partial charge on any atom is -0.486 e. The molecule has 6 nitrogen and oxygen atoms in total. The molecular weight excluding hydrogens is 236 g/mol. The summed E-state index contributed by atoms with van der Waals surface area (Å²) in [6.07, 6.45) is 0. The molecule has 1 heterocycles. The van der Waals surface area contributed by atoms with Gasteiger partial charge >= 0.3 is 0 Å². The van der Waals surface area contributed by atoms with Gasteiger partial charge in [-0.15, -0.1) is 0 Å². The Bertz CT molecular complexity index is 495. The molecule has 0 saturated heterocycles. The Morgan fingerprint density at radius 1 is 1.19 bits per heavy atom. The van der Waals surface area contributed by atoms with Crippen LogP contribution in [0.15, 0.2) is 18.2 Å². The molecule has 1 aromatic carbocycles. The first kappa shape index (κ1) is 11.2. The summed E-state index contributed by atoms with van der Waals surface area (Å²) in [5, 5.41) is 9.32. The minimum atomic E-state index is -4.52. The SMILES string of the molecule is O=S(=O)(O)C(O)c1ccc2c(c1)OCCO2. The van der Waals surface area contributed by atoms with Gasteiger partial charge in [0.1, 0.15) is 13.2 Å². The van der Waals surface area contributed by atoms with Crippen molar-refractivity contribution in [3.8, 4) is 11.5 Å². The number of ether oxygens (including phenoxy) is 2. The Morgan fingerprint density at radius 2 is 1.81 bits per heavy atom. The minimum absolute atomic E-state index is 0.0340. The van der Waals surface area contributed by atoms with Gasteiger partial charge in [-0.25, -0.2) is 0 Å². The fraction of sp³-hybridized carbons (Fsp3) is 0.333. The van der Waals surface area contributed by atoms with Crippen LogP contribution in [0.1, 0.15) is 11.0 Å². The summed E-state index contributed by atoms with van der Waals surface area (Å²) in [7, 11) is -4.52. The lowest BCUT2D eigenvalue weighted by Crippen LogP contribution is -2.16. The van der Waals surface area contributed by atoms with E-state index in [4.69, 9.17) is 14.0 Å². The van der Waals surface area contributed by atoms with Crippen molar-refractivity contribution in [2.24, 2.45) is 0 Å². The number of hydrogen-bond acceptors (Lipinski definition) is 5. The molecule has 88 valence electrons. The molecule has 1 atom stereocenters. The van der Waals surface area contributed by atoms with E-state index in [1.165, 1.54) is 18.2 Å². The zero-order valence-electron chi connectivity index (χ0n) is 8.16. The predicted molar refractivity (Wildman–Crippen MR) is 53.9 cm³/mol. The lowest BCUT2D eigenvalue weighted by Gasteiger charge is -2.19. The van der Waals surface area contributed by atoms with Crippen molar-refractivity contribution in [2.75, 3.05) is 13.2 Å². The largest absolute Gasteiger partial charge is 0.486 e. The molecular formula is C9H10O6S. The molecule has 0 aromatic heterocycles. The summed E-state index contributed by atoms with van der Waals surface area (Å²) in [5.41, 5.74) is -1.94. The van der Waals surface area contributed by atoms with Crippen LogP contribution in [-0.2, 0) is 10.1 Å². The van der Waals surface area contributed by atoms with Crippen LogP contribution in [-0.4, -0.2) is 31.3 Å². The average molecular weight is 246 g/mol. The first-order valence-corrected chi connectivity index (χ1v) is 6.03. The van der Waals surface area contributed by atoms with E-state index < -0.39 is 15.6 Å². The van der Waals surface area contributed by atoms with Crippen LogP contribution in [0.4, 0.5) is 0 Å². The molecule has 0 saturated carbocycles. The second-order valence-corrected chi connectivity index (χ2v) is 4.75. The number of hydrogen-bond donors (Lipinski definition) is 2. The highest BCUT2D eigenvalue weighted by Gasteiger charge is 2.24. The van der Waals surface area contributed by atoms with Crippen LogP contribution in [0.3, 0.4) is 0 Å². The lowest BCUT2D eigenvalue weighted by atomic mass is 10.2. The average Bonchev–Trinajstić information content (AvgIpc) is 2.26. The monoisotopic (exact) mass is 246 g/mol. The Morgan fingerprint density at radius 3 is 2.44 bits per heavy atom. The molecule has 2 rings (SSSR count). The zero-order chi connectivity index (χ0) is 11.8. The summed E-state index contributed by atoms with van der Waals surface area (Å²) in [6, 6.07) is 4.16. The lowest BCUT2D eigenvalue weighted by molar-refractivity contribution is 0.170. The highest BCUT2D eigenvalue weighted by Crippen LogP contribution is 2.33. The molecule has 2 N–H and O–H groups in total. The van der Waals surface area contributed by atoms with Gasteiger partial charge in [0.15, 0.2) is 11.5 Å². The molecule has 0 bridgehead atoms. The van der Waals surface area contributed by atoms with Gasteiger partial charge in [-0.2, -0.15) is 8.42 Å². The molecule has 0 aliphatic carbocycles. The van der Waals surface area contributed by atoms with Crippen molar-refractivity contribution >= 4 is 10.1 Å². The Balaban J connectivity index is 2.37. The first-order valence-electron chi connectivity index (χ1n) is 4.52. The van der Waals surface area contributed by atoms with E-state index >= 15 is 0 Å². The predicted octanol–water partition coefficient (Wildman–Crippen LogP) is 0.337. The van der Waals surface area contributed by atoms with Crippen LogP contribution < -0.4 is 9.47 Å². The van der Waals surface area contributed by atoms with Gasteiger partial charge in [0.05, 0.1) is 0 Å². The zero-order valence-corrected chi connectivity index (χ0v) is 8.98. The highest BCUT2D eigenvalue weighted by atomic mass is 32.2. The van der Waals surface area contributed by atoms with Crippen molar-refractivity contribution in [3.63, 3.8) is 0 Å². The molecule has 1 unspecified atom stereocenters. The van der Waals surface area contributed by atoms with Crippen LogP contribution in [0.25, 0.3) is 0 Å². The van der Waals surface area contributed by atoms with E-state index in [9.17, 15) is 13.5 Å². The van der Waals surface area contributed by atoms with Crippen molar-refractivity contribution < 1.29 is 27.6 Å². The molecule has 0 fully saturated rings. The van der Waals surface area contributed by atoms with E-state index in [0.29, 0.717) is 24.7 Å². The quantitative estimate of drug-likeness (QED) is 0.731. The topological polar surface area (TPSA) is 93.1 Å². The van der Waals surface area contributed by atoms with E-state index in [0.717, 1.165) is 0 Å². The maximum atomic E-state index is 10.7. The fourth-order valence-corrected chi connectivity index (χ4v) is 1.88. The third-order valence-electron chi connectivity index (χ3n) is 2.13. The highest BCUT2D eigenvalue weighted by molar-refractivity contribution is 7.85. The van der Waals surface area contributed by atoms with E-state index in [2.05, 4.69) is 0 Å². The molecule has 0 radical (unpaired) electrons. The maximum absolute atomic E-state index is 10.7. The second kappa shape index (κ2) is 3.93. The van der Waals surface area contributed by atoms with E-state index in [-0.39, 0.29) is 5.56 Å². The molecule has 1 aliphatic rings. The third kappa shape index (κ3) is 2.11. The third-order valence-corrected chi connectivity index (χ3v) is 2.97. The van der Waals surface area contributed by atoms with Gasteiger partial charge in [-0.1, -0.05) is 6.07 Å². The van der Waals surface area contributed by atoms with Gasteiger partial charge < -0.3 is 14.6 Å².